The zero-order chi connectivity index (χ0) is 6.91. The van der Waals surface area contributed by atoms with E-state index >= 15 is 0 Å². The summed E-state index contributed by atoms with van der Waals surface area (Å²) in [5, 5.41) is 9.46. The van der Waals surface area contributed by atoms with Gasteiger partial charge >= 0.3 is 0 Å². The van der Waals surface area contributed by atoms with E-state index in [1.165, 1.54) is 0 Å². The molecule has 2 nitrogen and oxygen atoms in total. The number of nitrogens with two attached hydrogens (primary N) is 1. The van der Waals surface area contributed by atoms with Crippen molar-refractivity contribution in [3.8, 4) is 0 Å². The highest BCUT2D eigenvalue weighted by molar-refractivity contribution is 5.85. The third-order valence-corrected chi connectivity index (χ3v) is 1.99. The maximum absolute atomic E-state index is 9.46. The van der Waals surface area contributed by atoms with Gasteiger partial charge in [-0.1, -0.05) is 0 Å². The molecule has 10 heavy (non-hydrogen) atoms. The van der Waals surface area contributed by atoms with Crippen molar-refractivity contribution in [1.82, 2.24) is 0 Å². The van der Waals surface area contributed by atoms with E-state index in [1.807, 2.05) is 6.92 Å². The SMILES string of the molecule is CC1(O)CCCC(N)C1.Cl. The van der Waals surface area contributed by atoms with Crippen molar-refractivity contribution in [2.24, 2.45) is 5.73 Å². The van der Waals surface area contributed by atoms with Crippen molar-refractivity contribution in [2.45, 2.75) is 44.2 Å². The fraction of sp³-hybridized carbons (Fsp3) is 1.00. The van der Waals surface area contributed by atoms with Gasteiger partial charge in [0.2, 0.25) is 0 Å². The number of rotatable bonds is 0. The third-order valence-electron chi connectivity index (χ3n) is 1.99. The molecule has 0 bridgehead atoms. The van der Waals surface area contributed by atoms with E-state index in [1.54, 1.807) is 0 Å². The van der Waals surface area contributed by atoms with Gasteiger partial charge in [0.15, 0.2) is 0 Å². The second-order valence-corrected chi connectivity index (χ2v) is 3.35. The van der Waals surface area contributed by atoms with Gasteiger partial charge in [-0.2, -0.15) is 0 Å². The number of halogens is 1. The van der Waals surface area contributed by atoms with Gasteiger partial charge < -0.3 is 10.8 Å². The first-order chi connectivity index (χ1) is 4.10. The fourth-order valence-corrected chi connectivity index (χ4v) is 1.51. The van der Waals surface area contributed by atoms with Gasteiger partial charge in [-0.3, -0.25) is 0 Å². The van der Waals surface area contributed by atoms with E-state index in [9.17, 15) is 5.11 Å². The quantitative estimate of drug-likeness (QED) is 0.564. The minimum Gasteiger partial charge on any atom is -0.390 e. The zero-order valence-electron chi connectivity index (χ0n) is 6.34. The molecular weight excluding hydrogens is 150 g/mol. The molecule has 3 N–H and O–H groups in total. The van der Waals surface area contributed by atoms with Gasteiger partial charge in [-0.25, -0.2) is 0 Å². The molecule has 1 fully saturated rings. The van der Waals surface area contributed by atoms with Gasteiger partial charge in [0.25, 0.3) is 0 Å². The maximum Gasteiger partial charge on any atom is 0.0634 e. The highest BCUT2D eigenvalue weighted by atomic mass is 35.5. The van der Waals surface area contributed by atoms with Gasteiger partial charge in [-0.15, -0.1) is 12.4 Å². The standard InChI is InChI=1S/C7H15NO.ClH/c1-7(9)4-2-3-6(8)5-7;/h6,9H,2-5,8H2,1H3;1H. The second-order valence-electron chi connectivity index (χ2n) is 3.35. The van der Waals surface area contributed by atoms with Crippen LogP contribution >= 0.6 is 12.4 Å². The summed E-state index contributed by atoms with van der Waals surface area (Å²) in [5.41, 5.74) is 5.18. The Morgan fingerprint density at radius 2 is 2.20 bits per heavy atom. The molecule has 0 heterocycles. The lowest BCUT2D eigenvalue weighted by Gasteiger charge is -2.31. The average Bonchev–Trinajstić information content (AvgIpc) is 1.60. The molecule has 2 atom stereocenters. The number of hydrogen-bond donors (Lipinski definition) is 2. The molecule has 0 aliphatic heterocycles. The van der Waals surface area contributed by atoms with Crippen LogP contribution in [0.5, 0.6) is 0 Å². The van der Waals surface area contributed by atoms with Crippen molar-refractivity contribution in [3.63, 3.8) is 0 Å². The van der Waals surface area contributed by atoms with Crippen LogP contribution in [0.4, 0.5) is 0 Å². The summed E-state index contributed by atoms with van der Waals surface area (Å²) in [6.45, 7) is 1.87. The Labute approximate surface area is 68.2 Å². The Kier molecular flexibility index (Phi) is 3.63. The second kappa shape index (κ2) is 3.56. The number of hydrogen-bond acceptors (Lipinski definition) is 2. The Bertz CT molecular complexity index is 106. The van der Waals surface area contributed by atoms with Gasteiger partial charge in [0.1, 0.15) is 0 Å². The summed E-state index contributed by atoms with van der Waals surface area (Å²) in [6.07, 6.45) is 3.85. The summed E-state index contributed by atoms with van der Waals surface area (Å²) < 4.78 is 0. The first-order valence-corrected chi connectivity index (χ1v) is 3.58. The first-order valence-electron chi connectivity index (χ1n) is 3.58. The van der Waals surface area contributed by atoms with Crippen LogP contribution in [0.15, 0.2) is 0 Å². The van der Waals surface area contributed by atoms with E-state index in [4.69, 9.17) is 5.73 Å². The molecule has 2 unspecified atom stereocenters. The van der Waals surface area contributed by atoms with Crippen LogP contribution < -0.4 is 5.73 Å². The zero-order valence-corrected chi connectivity index (χ0v) is 7.16. The molecule has 0 aromatic heterocycles. The summed E-state index contributed by atoms with van der Waals surface area (Å²) in [6, 6.07) is 0.230. The average molecular weight is 166 g/mol. The van der Waals surface area contributed by atoms with Crippen LogP contribution in [-0.2, 0) is 0 Å². The largest absolute Gasteiger partial charge is 0.390 e. The van der Waals surface area contributed by atoms with Crippen molar-refractivity contribution >= 4 is 12.4 Å². The summed E-state index contributed by atoms with van der Waals surface area (Å²) >= 11 is 0. The van der Waals surface area contributed by atoms with Crippen LogP contribution in [0.25, 0.3) is 0 Å². The van der Waals surface area contributed by atoms with E-state index in [0.717, 1.165) is 25.7 Å². The van der Waals surface area contributed by atoms with Crippen LogP contribution in [0.3, 0.4) is 0 Å². The summed E-state index contributed by atoms with van der Waals surface area (Å²) in [7, 11) is 0. The molecule has 0 spiro atoms. The molecule has 0 aromatic carbocycles. The normalized spacial score (nSPS) is 40.5. The predicted octanol–water partition coefficient (Wildman–Crippen LogP) is 1.06. The molecule has 1 rings (SSSR count). The topological polar surface area (TPSA) is 46.2 Å². The molecule has 3 heteroatoms. The van der Waals surface area contributed by atoms with E-state index in [2.05, 4.69) is 0 Å². The van der Waals surface area contributed by atoms with E-state index in [-0.39, 0.29) is 18.4 Å². The van der Waals surface area contributed by atoms with Crippen molar-refractivity contribution in [2.75, 3.05) is 0 Å². The molecule has 0 radical (unpaired) electrons. The highest BCUT2D eigenvalue weighted by Gasteiger charge is 2.27. The molecule has 0 saturated heterocycles. The molecule has 62 valence electrons. The lowest BCUT2D eigenvalue weighted by atomic mass is 9.84. The highest BCUT2D eigenvalue weighted by Crippen LogP contribution is 2.26. The Balaban J connectivity index is 0.000000810. The first kappa shape index (κ1) is 10.2. The molecule has 1 saturated carbocycles. The number of aliphatic hydroxyl groups is 1. The van der Waals surface area contributed by atoms with E-state index in [0.29, 0.717) is 0 Å². The van der Waals surface area contributed by atoms with E-state index < -0.39 is 5.60 Å². The summed E-state index contributed by atoms with van der Waals surface area (Å²) in [5.74, 6) is 0. The fourth-order valence-electron chi connectivity index (χ4n) is 1.51. The van der Waals surface area contributed by atoms with Crippen LogP contribution in [-0.4, -0.2) is 16.7 Å². The van der Waals surface area contributed by atoms with Crippen molar-refractivity contribution in [3.05, 3.63) is 0 Å². The van der Waals surface area contributed by atoms with Crippen LogP contribution in [0.2, 0.25) is 0 Å². The minimum absolute atomic E-state index is 0. The smallest absolute Gasteiger partial charge is 0.0634 e. The van der Waals surface area contributed by atoms with Gasteiger partial charge in [-0.05, 0) is 32.6 Å². The predicted molar refractivity (Wildman–Crippen MR) is 44.3 cm³/mol. The molecule has 1 aliphatic rings. The molecular formula is C7H16ClNO. The maximum atomic E-state index is 9.46. The Morgan fingerprint density at radius 3 is 2.50 bits per heavy atom. The summed E-state index contributed by atoms with van der Waals surface area (Å²) in [4.78, 5) is 0. The lowest BCUT2D eigenvalue weighted by molar-refractivity contribution is 0.0156. The monoisotopic (exact) mass is 165 g/mol. The third kappa shape index (κ3) is 2.86. The molecule has 0 amide bonds. The Morgan fingerprint density at radius 1 is 1.60 bits per heavy atom. The molecule has 1 aliphatic carbocycles. The van der Waals surface area contributed by atoms with Crippen molar-refractivity contribution < 1.29 is 5.11 Å². The van der Waals surface area contributed by atoms with Crippen molar-refractivity contribution in [1.29, 1.82) is 0 Å². The Hall–Kier alpha value is 0.210. The van der Waals surface area contributed by atoms with Crippen LogP contribution in [0, 0.1) is 0 Å². The van der Waals surface area contributed by atoms with Crippen LogP contribution in [0.1, 0.15) is 32.6 Å². The minimum atomic E-state index is -0.475. The molecule has 0 aromatic rings. The lowest BCUT2D eigenvalue weighted by Crippen LogP contribution is -2.38. The van der Waals surface area contributed by atoms with Gasteiger partial charge in [0.05, 0.1) is 5.60 Å². The van der Waals surface area contributed by atoms with Gasteiger partial charge in [0, 0.05) is 6.04 Å².